The van der Waals surface area contributed by atoms with Crippen LogP contribution in [-0.4, -0.2) is 52.5 Å². The molecule has 4 rings (SSSR count). The molecular formula is C31H48O6. The highest BCUT2D eigenvalue weighted by Gasteiger charge is 2.70. The van der Waals surface area contributed by atoms with Crippen molar-refractivity contribution in [1.82, 2.24) is 0 Å². The Morgan fingerprint density at radius 2 is 1.81 bits per heavy atom. The molecule has 37 heavy (non-hydrogen) atoms. The zero-order chi connectivity index (χ0) is 27.7. The zero-order valence-corrected chi connectivity index (χ0v) is 24.1. The molecule has 0 spiro atoms. The highest BCUT2D eigenvalue weighted by atomic mass is 16.5. The molecule has 3 N–H and O–H groups in total. The number of allylic oxidation sites excluding steroid dienone is 3. The van der Waals surface area contributed by atoms with Crippen LogP contribution in [0.3, 0.4) is 0 Å². The van der Waals surface area contributed by atoms with E-state index in [1.807, 2.05) is 6.92 Å². The average Bonchev–Trinajstić information content (AvgIpc) is 3.08. The SMILES string of the molecule is CO[C@@H]1C[C@]2(C)[C@@H](C(C)CCC=C(C)C)CC[C@@]2(C)C2=C1[C@@]1(C)[C@H](O)C[C@H](O)C(C)(C(=O)O)[C@@H]1CC2=O. The van der Waals surface area contributed by atoms with E-state index >= 15 is 0 Å². The number of hydrogen-bond acceptors (Lipinski definition) is 5. The number of carbonyl (C=O) groups is 2. The van der Waals surface area contributed by atoms with Crippen molar-refractivity contribution in [1.29, 1.82) is 0 Å². The topological polar surface area (TPSA) is 104 Å². The van der Waals surface area contributed by atoms with Crippen LogP contribution >= 0.6 is 0 Å². The molecule has 2 saturated carbocycles. The average molecular weight is 517 g/mol. The number of fused-ring (bicyclic) bond motifs is 4. The Kier molecular flexibility index (Phi) is 7.17. The number of aliphatic carboxylic acids is 1. The molecule has 4 aliphatic carbocycles. The van der Waals surface area contributed by atoms with Crippen molar-refractivity contribution < 1.29 is 29.6 Å². The summed E-state index contributed by atoms with van der Waals surface area (Å²) in [4.78, 5) is 26.7. The number of aliphatic hydroxyl groups excluding tert-OH is 2. The second kappa shape index (κ2) is 9.31. The van der Waals surface area contributed by atoms with Gasteiger partial charge in [0.05, 0.1) is 23.7 Å². The van der Waals surface area contributed by atoms with Crippen LogP contribution in [0.25, 0.3) is 0 Å². The maximum absolute atomic E-state index is 14.1. The lowest BCUT2D eigenvalue weighted by molar-refractivity contribution is -0.195. The van der Waals surface area contributed by atoms with Gasteiger partial charge in [0.25, 0.3) is 0 Å². The first-order chi connectivity index (χ1) is 17.1. The standard InChI is InChI=1S/C31H48O6/c1-17(2)10-9-11-18(3)19-12-13-28(4)25-20(32)14-22-30(6,26(25)21(37-8)16-29(19,28)5)23(33)15-24(34)31(22,7)27(35)36/h10,18-19,21-24,33-34H,9,11-16H2,1-8H3,(H,35,36)/t18?,19-,21-,22-,23-,24+,28+,29-,30-,31?/m1/s1. The lowest BCUT2D eigenvalue weighted by Gasteiger charge is -2.63. The number of Topliss-reactive ketones (excluding diaryl/α,β-unsaturated/α-hetero) is 1. The smallest absolute Gasteiger partial charge is 0.312 e. The van der Waals surface area contributed by atoms with Crippen molar-refractivity contribution in [2.45, 2.75) is 112 Å². The molecule has 0 aromatic rings. The fourth-order valence-corrected chi connectivity index (χ4v) is 9.37. The molecule has 0 bridgehead atoms. The van der Waals surface area contributed by atoms with Crippen LogP contribution in [0.5, 0.6) is 0 Å². The lowest BCUT2D eigenvalue weighted by atomic mass is 9.41. The molecule has 6 nitrogen and oxygen atoms in total. The molecular weight excluding hydrogens is 468 g/mol. The molecule has 4 aliphatic rings. The van der Waals surface area contributed by atoms with Crippen LogP contribution in [0.4, 0.5) is 0 Å². The lowest BCUT2D eigenvalue weighted by Crippen LogP contribution is -2.66. The number of aliphatic hydroxyl groups is 2. The van der Waals surface area contributed by atoms with Gasteiger partial charge >= 0.3 is 5.97 Å². The van der Waals surface area contributed by atoms with Gasteiger partial charge in [-0.15, -0.1) is 0 Å². The number of hydrogen-bond donors (Lipinski definition) is 3. The van der Waals surface area contributed by atoms with Gasteiger partial charge in [-0.2, -0.15) is 0 Å². The van der Waals surface area contributed by atoms with Gasteiger partial charge < -0.3 is 20.1 Å². The van der Waals surface area contributed by atoms with Gasteiger partial charge in [0.1, 0.15) is 0 Å². The number of methoxy groups -OCH3 is 1. The molecule has 0 aromatic heterocycles. The minimum atomic E-state index is -1.53. The van der Waals surface area contributed by atoms with Gasteiger partial charge in [-0.25, -0.2) is 0 Å². The normalized spacial score (nSPS) is 46.1. The van der Waals surface area contributed by atoms with E-state index < -0.39 is 34.9 Å². The summed E-state index contributed by atoms with van der Waals surface area (Å²) in [5, 5.41) is 32.6. The van der Waals surface area contributed by atoms with Gasteiger partial charge in [-0.1, -0.05) is 39.3 Å². The number of ketones is 1. The molecule has 0 aliphatic heterocycles. The van der Waals surface area contributed by atoms with E-state index in [1.54, 1.807) is 14.0 Å². The molecule has 0 amide bonds. The van der Waals surface area contributed by atoms with Crippen molar-refractivity contribution in [3.63, 3.8) is 0 Å². The number of carboxylic acids is 1. The summed E-state index contributed by atoms with van der Waals surface area (Å²) >= 11 is 0. The van der Waals surface area contributed by atoms with Crippen molar-refractivity contribution >= 4 is 11.8 Å². The first-order valence-electron chi connectivity index (χ1n) is 14.1. The van der Waals surface area contributed by atoms with E-state index in [9.17, 15) is 24.9 Å². The summed E-state index contributed by atoms with van der Waals surface area (Å²) in [7, 11) is 1.67. The van der Waals surface area contributed by atoms with Crippen LogP contribution in [0.15, 0.2) is 22.8 Å². The largest absolute Gasteiger partial charge is 0.481 e. The van der Waals surface area contributed by atoms with E-state index in [-0.39, 0.29) is 35.6 Å². The summed E-state index contributed by atoms with van der Waals surface area (Å²) in [5.41, 5.74) is -0.0806. The molecule has 0 radical (unpaired) electrons. The van der Waals surface area contributed by atoms with Gasteiger partial charge in [-0.05, 0) is 81.6 Å². The van der Waals surface area contributed by atoms with Crippen molar-refractivity contribution in [3.8, 4) is 0 Å². The Hall–Kier alpha value is -1.50. The fraction of sp³-hybridized carbons (Fsp3) is 0.806. The highest BCUT2D eigenvalue weighted by molar-refractivity contribution is 6.00. The fourth-order valence-electron chi connectivity index (χ4n) is 9.37. The number of carbonyl (C=O) groups excluding carboxylic acids is 1. The summed E-state index contributed by atoms with van der Waals surface area (Å²) < 4.78 is 6.15. The number of ether oxygens (including phenoxy) is 1. The minimum absolute atomic E-state index is 0.0230. The van der Waals surface area contributed by atoms with Gasteiger partial charge in [-0.3, -0.25) is 9.59 Å². The van der Waals surface area contributed by atoms with Crippen LogP contribution in [0.2, 0.25) is 0 Å². The van der Waals surface area contributed by atoms with Crippen molar-refractivity contribution in [2.75, 3.05) is 7.11 Å². The van der Waals surface area contributed by atoms with Gasteiger partial charge in [0, 0.05) is 36.4 Å². The Balaban J connectivity index is 1.85. The second-order valence-corrected chi connectivity index (χ2v) is 13.8. The molecule has 2 fully saturated rings. The number of carboxylic acid groups (broad SMARTS) is 1. The van der Waals surface area contributed by atoms with Gasteiger partial charge in [0.15, 0.2) is 5.78 Å². The third-order valence-corrected chi connectivity index (χ3v) is 11.9. The van der Waals surface area contributed by atoms with Crippen LogP contribution < -0.4 is 0 Å². The predicted molar refractivity (Wildman–Crippen MR) is 143 cm³/mol. The first kappa shape index (κ1) is 28.5. The molecule has 0 saturated heterocycles. The summed E-state index contributed by atoms with van der Waals surface area (Å²) in [5.74, 6) is -0.926. The summed E-state index contributed by atoms with van der Waals surface area (Å²) in [6.07, 6.45) is 4.57. The van der Waals surface area contributed by atoms with Crippen molar-refractivity contribution in [3.05, 3.63) is 22.8 Å². The molecule has 0 heterocycles. The first-order valence-corrected chi connectivity index (χ1v) is 14.1. The monoisotopic (exact) mass is 516 g/mol. The predicted octanol–water partition coefficient (Wildman–Crippen LogP) is 5.32. The maximum Gasteiger partial charge on any atom is 0.312 e. The Bertz CT molecular complexity index is 1020. The molecule has 208 valence electrons. The summed E-state index contributed by atoms with van der Waals surface area (Å²) in [6.45, 7) is 14.6. The third kappa shape index (κ3) is 3.76. The van der Waals surface area contributed by atoms with E-state index in [0.717, 1.165) is 43.3 Å². The van der Waals surface area contributed by atoms with Crippen LogP contribution in [0.1, 0.15) is 93.4 Å². The van der Waals surface area contributed by atoms with E-state index in [4.69, 9.17) is 4.74 Å². The van der Waals surface area contributed by atoms with E-state index in [1.165, 1.54) is 5.57 Å². The molecule has 2 unspecified atom stereocenters. The quantitative estimate of drug-likeness (QED) is 0.413. The van der Waals surface area contributed by atoms with Crippen molar-refractivity contribution in [2.24, 2.45) is 39.4 Å². The van der Waals surface area contributed by atoms with E-state index in [0.29, 0.717) is 11.8 Å². The Morgan fingerprint density at radius 1 is 1.16 bits per heavy atom. The Morgan fingerprint density at radius 3 is 2.38 bits per heavy atom. The number of rotatable bonds is 6. The molecule has 10 atom stereocenters. The molecule has 0 aromatic carbocycles. The zero-order valence-electron chi connectivity index (χ0n) is 24.1. The molecule has 6 heteroatoms. The summed E-state index contributed by atoms with van der Waals surface area (Å²) in [6, 6.07) is 0. The van der Waals surface area contributed by atoms with Gasteiger partial charge in [0.2, 0.25) is 0 Å². The second-order valence-electron chi connectivity index (χ2n) is 13.8. The maximum atomic E-state index is 14.1. The van der Waals surface area contributed by atoms with Crippen LogP contribution in [0, 0.1) is 39.4 Å². The highest BCUT2D eigenvalue weighted by Crippen LogP contribution is 2.72. The minimum Gasteiger partial charge on any atom is -0.481 e. The van der Waals surface area contributed by atoms with Crippen LogP contribution in [-0.2, 0) is 14.3 Å². The Labute approximate surface area is 222 Å². The van der Waals surface area contributed by atoms with E-state index in [2.05, 4.69) is 40.7 Å². The third-order valence-electron chi connectivity index (χ3n) is 11.9.